The van der Waals surface area contributed by atoms with E-state index < -0.39 is 11.0 Å². The van der Waals surface area contributed by atoms with Crippen molar-refractivity contribution < 1.29 is 9.66 Å². The van der Waals surface area contributed by atoms with Crippen LogP contribution in [0.25, 0.3) is 0 Å². The molecule has 0 saturated carbocycles. The van der Waals surface area contributed by atoms with Crippen molar-refractivity contribution in [2.45, 2.75) is 33.4 Å². The summed E-state index contributed by atoms with van der Waals surface area (Å²) in [5.41, 5.74) is 0.699. The van der Waals surface area contributed by atoms with E-state index in [1.807, 2.05) is 6.07 Å². The summed E-state index contributed by atoms with van der Waals surface area (Å²) >= 11 is 0. The average molecular weight is 277 g/mol. The second kappa shape index (κ2) is 7.46. The first-order chi connectivity index (χ1) is 9.43. The Morgan fingerprint density at radius 3 is 2.70 bits per heavy atom. The summed E-state index contributed by atoms with van der Waals surface area (Å²) in [5.74, 6) is 0.983. The van der Waals surface area contributed by atoms with Crippen molar-refractivity contribution >= 4 is 5.69 Å². The summed E-state index contributed by atoms with van der Waals surface area (Å²) in [6, 6.07) is 6.38. The maximum atomic E-state index is 10.8. The molecule has 1 unspecified atom stereocenters. The topological polar surface area (TPSA) is 88.2 Å². The van der Waals surface area contributed by atoms with Crippen LogP contribution < -0.4 is 10.1 Å². The lowest BCUT2D eigenvalue weighted by Gasteiger charge is -2.14. The Labute approximate surface area is 118 Å². The van der Waals surface area contributed by atoms with E-state index in [1.54, 1.807) is 13.0 Å². The van der Waals surface area contributed by atoms with Gasteiger partial charge in [-0.2, -0.15) is 5.26 Å². The minimum absolute atomic E-state index is 0.0170. The van der Waals surface area contributed by atoms with E-state index >= 15 is 0 Å². The highest BCUT2D eigenvalue weighted by molar-refractivity contribution is 5.44. The Hall–Kier alpha value is -2.13. The second-order valence-electron chi connectivity index (χ2n) is 4.96. The zero-order valence-corrected chi connectivity index (χ0v) is 11.9. The van der Waals surface area contributed by atoms with Crippen LogP contribution in [-0.2, 0) is 6.54 Å². The fraction of sp³-hybridized carbons (Fsp3) is 0.500. The first-order valence-corrected chi connectivity index (χ1v) is 6.48. The minimum Gasteiger partial charge on any atom is -0.476 e. The average Bonchev–Trinajstić information content (AvgIpc) is 2.39. The summed E-state index contributed by atoms with van der Waals surface area (Å²) in [6.07, 6.45) is -0.597. The molecule has 0 aliphatic carbocycles. The first-order valence-electron chi connectivity index (χ1n) is 6.48. The van der Waals surface area contributed by atoms with E-state index in [4.69, 9.17) is 10.00 Å². The molecule has 108 valence electrons. The highest BCUT2D eigenvalue weighted by Crippen LogP contribution is 2.25. The lowest BCUT2D eigenvalue weighted by molar-refractivity contribution is -0.384. The monoisotopic (exact) mass is 277 g/mol. The van der Waals surface area contributed by atoms with Crippen LogP contribution >= 0.6 is 0 Å². The molecule has 1 N–H and O–H groups in total. The van der Waals surface area contributed by atoms with Gasteiger partial charge in [0.25, 0.3) is 5.69 Å². The van der Waals surface area contributed by atoms with Crippen LogP contribution in [0.2, 0.25) is 0 Å². The second-order valence-corrected chi connectivity index (χ2v) is 4.96. The molecule has 0 aliphatic rings. The molecule has 0 spiro atoms. The number of nitrogens with zero attached hydrogens (tertiary/aromatic N) is 2. The molecule has 0 fully saturated rings. The fourth-order valence-corrected chi connectivity index (χ4v) is 1.64. The van der Waals surface area contributed by atoms with Gasteiger partial charge in [-0.25, -0.2) is 0 Å². The van der Waals surface area contributed by atoms with Crippen LogP contribution in [0.3, 0.4) is 0 Å². The maximum Gasteiger partial charge on any atom is 0.270 e. The zero-order chi connectivity index (χ0) is 15.1. The predicted molar refractivity (Wildman–Crippen MR) is 75.3 cm³/mol. The minimum atomic E-state index is -0.597. The summed E-state index contributed by atoms with van der Waals surface area (Å²) in [5, 5.41) is 22.8. The van der Waals surface area contributed by atoms with Gasteiger partial charge >= 0.3 is 0 Å². The maximum absolute atomic E-state index is 10.8. The molecule has 0 aromatic heterocycles. The number of rotatable bonds is 7. The van der Waals surface area contributed by atoms with E-state index in [9.17, 15) is 10.1 Å². The third-order valence-electron chi connectivity index (χ3n) is 2.61. The van der Waals surface area contributed by atoms with Crippen molar-refractivity contribution in [1.29, 1.82) is 5.26 Å². The number of ether oxygens (including phenoxy) is 1. The Morgan fingerprint density at radius 1 is 1.45 bits per heavy atom. The molecule has 0 radical (unpaired) electrons. The van der Waals surface area contributed by atoms with Crippen molar-refractivity contribution in [2.75, 3.05) is 6.54 Å². The molecule has 20 heavy (non-hydrogen) atoms. The number of nitro groups is 1. The molecular weight excluding hydrogens is 258 g/mol. The van der Waals surface area contributed by atoms with Gasteiger partial charge in [-0.3, -0.25) is 10.1 Å². The number of benzene rings is 1. The number of hydrogen-bond acceptors (Lipinski definition) is 5. The molecule has 0 bridgehead atoms. The number of nitrogens with one attached hydrogen (secondary N) is 1. The predicted octanol–water partition coefficient (Wildman–Crippen LogP) is 2.63. The Morgan fingerprint density at radius 2 is 2.15 bits per heavy atom. The van der Waals surface area contributed by atoms with Gasteiger partial charge in [0.05, 0.1) is 4.92 Å². The molecule has 6 heteroatoms. The third kappa shape index (κ3) is 4.86. The van der Waals surface area contributed by atoms with Gasteiger partial charge < -0.3 is 10.1 Å². The van der Waals surface area contributed by atoms with E-state index in [1.165, 1.54) is 12.1 Å². The Kier molecular flexibility index (Phi) is 5.94. The summed E-state index contributed by atoms with van der Waals surface area (Å²) in [7, 11) is 0. The van der Waals surface area contributed by atoms with Crippen LogP contribution in [-0.4, -0.2) is 17.6 Å². The molecule has 1 aromatic carbocycles. The van der Waals surface area contributed by atoms with Gasteiger partial charge in [0.1, 0.15) is 11.8 Å². The van der Waals surface area contributed by atoms with Crippen LogP contribution in [0.5, 0.6) is 5.75 Å². The fourth-order valence-electron chi connectivity index (χ4n) is 1.64. The lowest BCUT2D eigenvalue weighted by Crippen LogP contribution is -2.20. The van der Waals surface area contributed by atoms with E-state index in [0.29, 0.717) is 23.8 Å². The highest BCUT2D eigenvalue weighted by atomic mass is 16.6. The van der Waals surface area contributed by atoms with Crippen LogP contribution in [0.1, 0.15) is 26.3 Å². The van der Waals surface area contributed by atoms with E-state index in [0.717, 1.165) is 6.54 Å². The van der Waals surface area contributed by atoms with Crippen LogP contribution in [0, 0.1) is 27.4 Å². The number of nitro benzene ring substituents is 1. The molecule has 0 aliphatic heterocycles. The SMILES string of the molecule is CC(C)CNCc1cc([N+](=O)[O-])ccc1OC(C)C#N. The van der Waals surface area contributed by atoms with Crippen molar-refractivity contribution in [3.8, 4) is 11.8 Å². The number of non-ortho nitro benzene ring substituents is 1. The van der Waals surface area contributed by atoms with Gasteiger partial charge in [0, 0.05) is 24.2 Å². The molecule has 0 saturated heterocycles. The zero-order valence-electron chi connectivity index (χ0n) is 11.9. The number of hydrogen-bond donors (Lipinski definition) is 1. The van der Waals surface area contributed by atoms with Crippen molar-refractivity contribution in [2.24, 2.45) is 5.92 Å². The number of nitriles is 1. The van der Waals surface area contributed by atoms with Crippen molar-refractivity contribution in [3.63, 3.8) is 0 Å². The standard InChI is InChI=1S/C14H19N3O3/c1-10(2)8-16-9-12-6-13(17(18)19)4-5-14(12)20-11(3)7-15/h4-6,10-11,16H,8-9H2,1-3H3. The van der Waals surface area contributed by atoms with Gasteiger partial charge in [-0.15, -0.1) is 0 Å². The highest BCUT2D eigenvalue weighted by Gasteiger charge is 2.13. The molecule has 1 atom stereocenters. The van der Waals surface area contributed by atoms with Gasteiger partial charge in [0.2, 0.25) is 0 Å². The van der Waals surface area contributed by atoms with Gasteiger partial charge in [-0.1, -0.05) is 13.8 Å². The van der Waals surface area contributed by atoms with E-state index in [-0.39, 0.29) is 5.69 Å². The largest absolute Gasteiger partial charge is 0.476 e. The normalized spacial score (nSPS) is 11.9. The van der Waals surface area contributed by atoms with Crippen molar-refractivity contribution in [1.82, 2.24) is 5.32 Å². The molecule has 6 nitrogen and oxygen atoms in total. The summed E-state index contributed by atoms with van der Waals surface area (Å²) < 4.78 is 5.46. The van der Waals surface area contributed by atoms with Crippen LogP contribution in [0.4, 0.5) is 5.69 Å². The summed E-state index contributed by atoms with van der Waals surface area (Å²) in [4.78, 5) is 10.4. The Balaban J connectivity index is 2.91. The molecular formula is C14H19N3O3. The first kappa shape index (κ1) is 15.9. The molecule has 1 aromatic rings. The van der Waals surface area contributed by atoms with Gasteiger partial charge in [-0.05, 0) is 25.5 Å². The molecule has 0 heterocycles. The summed E-state index contributed by atoms with van der Waals surface area (Å²) in [6.45, 7) is 7.06. The van der Waals surface area contributed by atoms with Crippen LogP contribution in [0.15, 0.2) is 18.2 Å². The Bertz CT molecular complexity index is 509. The quantitative estimate of drug-likeness (QED) is 0.611. The third-order valence-corrected chi connectivity index (χ3v) is 2.61. The van der Waals surface area contributed by atoms with Gasteiger partial charge in [0.15, 0.2) is 6.10 Å². The van der Waals surface area contributed by atoms with Crippen molar-refractivity contribution in [3.05, 3.63) is 33.9 Å². The molecule has 1 rings (SSSR count). The van der Waals surface area contributed by atoms with E-state index in [2.05, 4.69) is 19.2 Å². The lowest BCUT2D eigenvalue weighted by atomic mass is 10.1. The smallest absolute Gasteiger partial charge is 0.270 e. The molecule has 0 amide bonds.